The Morgan fingerprint density at radius 2 is 2.05 bits per heavy atom. The molecule has 0 aromatic heterocycles. The molecular formula is C14H25NO5Si. The molecule has 0 saturated carbocycles. The first-order valence-electron chi connectivity index (χ1n) is 7.76. The molecule has 3 atom stereocenters. The van der Waals surface area contributed by atoms with E-state index in [2.05, 4.69) is 26.9 Å². The number of hydroxylamine groups is 2. The number of rotatable bonds is 4. The Morgan fingerprint density at radius 3 is 2.62 bits per heavy atom. The number of hydrogen-bond acceptors (Lipinski definition) is 6. The molecule has 0 amide bonds. The maximum atomic E-state index is 11.3. The monoisotopic (exact) mass is 315 g/mol. The fourth-order valence-electron chi connectivity index (χ4n) is 4.19. The molecule has 0 aromatic carbocycles. The van der Waals surface area contributed by atoms with Crippen molar-refractivity contribution in [2.75, 3.05) is 13.2 Å². The Labute approximate surface area is 126 Å². The molecule has 120 valence electrons. The summed E-state index contributed by atoms with van der Waals surface area (Å²) in [7, 11) is -1.93. The lowest BCUT2D eigenvalue weighted by Crippen LogP contribution is -2.52. The van der Waals surface area contributed by atoms with E-state index >= 15 is 0 Å². The highest BCUT2D eigenvalue weighted by atomic mass is 28.4. The Hall–Kier alpha value is -0.473. The van der Waals surface area contributed by atoms with E-state index in [0.717, 1.165) is 12.8 Å². The minimum absolute atomic E-state index is 0.103. The molecule has 3 saturated heterocycles. The van der Waals surface area contributed by atoms with Crippen LogP contribution in [0.3, 0.4) is 0 Å². The smallest absolute Gasteiger partial charge is 0.302 e. The maximum absolute atomic E-state index is 11.3. The lowest BCUT2D eigenvalue weighted by molar-refractivity contribution is -0.379. The van der Waals surface area contributed by atoms with Crippen molar-refractivity contribution in [2.24, 2.45) is 0 Å². The topological polar surface area (TPSA) is 57.2 Å². The molecule has 7 heteroatoms. The van der Waals surface area contributed by atoms with E-state index in [-0.39, 0.29) is 29.8 Å². The van der Waals surface area contributed by atoms with E-state index < -0.39 is 13.9 Å². The van der Waals surface area contributed by atoms with E-state index in [1.165, 1.54) is 6.92 Å². The maximum Gasteiger partial charge on any atom is 0.302 e. The predicted molar refractivity (Wildman–Crippen MR) is 77.7 cm³/mol. The van der Waals surface area contributed by atoms with Gasteiger partial charge in [-0.05, 0) is 25.9 Å². The molecular weight excluding hydrogens is 290 g/mol. The van der Waals surface area contributed by atoms with Gasteiger partial charge in [0.15, 0.2) is 8.32 Å². The first-order valence-corrected chi connectivity index (χ1v) is 10.7. The minimum Gasteiger partial charge on any atom is -0.464 e. The Kier molecular flexibility index (Phi) is 3.50. The molecule has 0 spiro atoms. The summed E-state index contributed by atoms with van der Waals surface area (Å²) >= 11 is 0. The number of hydrogen-bond donors (Lipinski definition) is 0. The van der Waals surface area contributed by atoms with Crippen molar-refractivity contribution in [1.29, 1.82) is 0 Å². The van der Waals surface area contributed by atoms with Crippen LogP contribution in [0.15, 0.2) is 0 Å². The summed E-state index contributed by atoms with van der Waals surface area (Å²) in [6.45, 7) is 10.9. The third-order valence-electron chi connectivity index (χ3n) is 5.46. The second-order valence-corrected chi connectivity index (χ2v) is 11.0. The number of ether oxygens (including phenoxy) is 1. The summed E-state index contributed by atoms with van der Waals surface area (Å²) in [6, 6.07) is 0. The van der Waals surface area contributed by atoms with Crippen LogP contribution in [0.4, 0.5) is 0 Å². The molecule has 0 unspecified atom stereocenters. The fraction of sp³-hybridized carbons (Fsp3) is 0.929. The van der Waals surface area contributed by atoms with E-state index in [4.69, 9.17) is 18.8 Å². The molecule has 3 aliphatic rings. The van der Waals surface area contributed by atoms with Crippen molar-refractivity contribution in [3.63, 3.8) is 0 Å². The normalized spacial score (nSPS) is 39.5. The van der Waals surface area contributed by atoms with Gasteiger partial charge in [-0.15, -0.1) is 0 Å². The molecule has 3 heterocycles. The summed E-state index contributed by atoms with van der Waals surface area (Å²) in [5, 5.41) is 1.61. The number of esters is 1. The lowest BCUT2D eigenvalue weighted by Gasteiger charge is -2.33. The molecule has 0 aromatic rings. The van der Waals surface area contributed by atoms with Gasteiger partial charge in [0.05, 0.1) is 6.61 Å². The SMILES string of the molecule is CCC1(CC)ON2OC[C@H]3[C@]2(COC(C)=O)[C@@H]1O[Si]3(C)C. The summed E-state index contributed by atoms with van der Waals surface area (Å²) in [6.07, 6.45) is 1.58. The van der Waals surface area contributed by atoms with Crippen molar-refractivity contribution in [3.8, 4) is 0 Å². The zero-order valence-electron chi connectivity index (χ0n) is 13.5. The molecule has 3 aliphatic heterocycles. The van der Waals surface area contributed by atoms with Gasteiger partial charge in [-0.3, -0.25) is 14.5 Å². The number of carbonyl (C=O) groups is 1. The van der Waals surface area contributed by atoms with Crippen molar-refractivity contribution < 1.29 is 23.6 Å². The van der Waals surface area contributed by atoms with E-state index in [0.29, 0.717) is 6.61 Å². The molecule has 0 N–H and O–H groups in total. The van der Waals surface area contributed by atoms with Crippen LogP contribution >= 0.6 is 0 Å². The first kappa shape index (κ1) is 15.4. The molecule has 21 heavy (non-hydrogen) atoms. The lowest BCUT2D eigenvalue weighted by atomic mass is 9.78. The van der Waals surface area contributed by atoms with Crippen molar-refractivity contribution in [3.05, 3.63) is 0 Å². The average Bonchev–Trinajstić information content (AvgIpc) is 2.98. The van der Waals surface area contributed by atoms with E-state index in [1.54, 1.807) is 5.23 Å². The van der Waals surface area contributed by atoms with Crippen LogP contribution in [0, 0.1) is 0 Å². The highest BCUT2D eigenvalue weighted by molar-refractivity contribution is 6.74. The standard InChI is InChI=1S/C14H25NO5Si/c1-6-13(7-2)12-14(9-17-10(3)16)11(21(4,5)19-12)8-18-15(14)20-13/h11-12H,6-9H2,1-5H3/t11-,12+,14+/m0/s1. The van der Waals surface area contributed by atoms with E-state index in [1.807, 2.05) is 0 Å². The Bertz CT molecular complexity index is 453. The molecule has 0 bridgehead atoms. The van der Waals surface area contributed by atoms with Crippen molar-refractivity contribution >= 4 is 14.3 Å². The van der Waals surface area contributed by atoms with Gasteiger partial charge in [0.2, 0.25) is 0 Å². The average molecular weight is 315 g/mol. The largest absolute Gasteiger partial charge is 0.464 e. The number of carbonyl (C=O) groups excluding carboxylic acids is 1. The van der Waals surface area contributed by atoms with Crippen LogP contribution < -0.4 is 0 Å². The van der Waals surface area contributed by atoms with Gasteiger partial charge in [-0.2, -0.15) is 0 Å². The van der Waals surface area contributed by atoms with Gasteiger partial charge in [0.1, 0.15) is 23.9 Å². The highest BCUT2D eigenvalue weighted by Crippen LogP contribution is 2.61. The van der Waals surface area contributed by atoms with Crippen LogP contribution in [0.25, 0.3) is 0 Å². The zero-order chi connectivity index (χ0) is 15.5. The Morgan fingerprint density at radius 1 is 1.38 bits per heavy atom. The van der Waals surface area contributed by atoms with Crippen LogP contribution in [0.2, 0.25) is 18.6 Å². The summed E-state index contributed by atoms with van der Waals surface area (Å²) in [5.74, 6) is -0.277. The van der Waals surface area contributed by atoms with Crippen molar-refractivity contribution in [1.82, 2.24) is 5.23 Å². The first-order chi connectivity index (χ1) is 9.82. The molecule has 3 fully saturated rings. The zero-order valence-corrected chi connectivity index (χ0v) is 14.5. The fourth-order valence-corrected chi connectivity index (χ4v) is 7.40. The van der Waals surface area contributed by atoms with Gasteiger partial charge in [0, 0.05) is 12.5 Å². The quantitative estimate of drug-likeness (QED) is 0.584. The summed E-state index contributed by atoms with van der Waals surface area (Å²) in [4.78, 5) is 23.3. The van der Waals surface area contributed by atoms with Gasteiger partial charge in [-0.25, -0.2) is 0 Å². The van der Waals surface area contributed by atoms with Crippen molar-refractivity contribution in [2.45, 2.75) is 69.5 Å². The van der Waals surface area contributed by atoms with E-state index in [9.17, 15) is 4.79 Å². The third-order valence-corrected chi connectivity index (χ3v) is 8.65. The van der Waals surface area contributed by atoms with Gasteiger partial charge < -0.3 is 9.16 Å². The van der Waals surface area contributed by atoms with Crippen LogP contribution in [0.5, 0.6) is 0 Å². The molecule has 3 rings (SSSR count). The number of nitrogens with zero attached hydrogens (tertiary/aromatic N) is 1. The van der Waals surface area contributed by atoms with Gasteiger partial charge in [0.25, 0.3) is 0 Å². The second-order valence-electron chi connectivity index (χ2n) is 6.84. The van der Waals surface area contributed by atoms with Gasteiger partial charge in [-0.1, -0.05) is 19.1 Å². The third kappa shape index (κ3) is 1.88. The molecule has 0 radical (unpaired) electrons. The summed E-state index contributed by atoms with van der Waals surface area (Å²) in [5.41, 5.74) is -0.623. The van der Waals surface area contributed by atoms with Crippen LogP contribution in [-0.2, 0) is 23.6 Å². The van der Waals surface area contributed by atoms with Gasteiger partial charge >= 0.3 is 5.97 Å². The predicted octanol–water partition coefficient (Wildman–Crippen LogP) is 2.01. The minimum atomic E-state index is -1.93. The highest BCUT2D eigenvalue weighted by Gasteiger charge is 2.77. The molecule has 6 nitrogen and oxygen atoms in total. The van der Waals surface area contributed by atoms with Crippen LogP contribution in [0.1, 0.15) is 33.6 Å². The summed E-state index contributed by atoms with van der Waals surface area (Å²) < 4.78 is 11.9. The second kappa shape index (κ2) is 4.76. The van der Waals surface area contributed by atoms with Crippen LogP contribution in [-0.4, -0.2) is 50.0 Å². The Balaban J connectivity index is 2.03. The molecule has 0 aliphatic carbocycles.